The van der Waals surface area contributed by atoms with Crippen molar-refractivity contribution in [2.45, 2.75) is 0 Å². The number of hydrogen-bond donors (Lipinski definition) is 2. The Bertz CT molecular complexity index is 656. The van der Waals surface area contributed by atoms with E-state index < -0.39 is 5.97 Å². The van der Waals surface area contributed by atoms with Gasteiger partial charge in [0.05, 0.1) is 14.8 Å². The lowest BCUT2D eigenvalue weighted by Crippen LogP contribution is -2.11. The number of amides is 1. The van der Waals surface area contributed by atoms with Crippen LogP contribution in [-0.2, 0) is 0 Å². The van der Waals surface area contributed by atoms with Gasteiger partial charge < -0.3 is 10.4 Å². The summed E-state index contributed by atoms with van der Waals surface area (Å²) in [6, 6.07) is 7.81. The summed E-state index contributed by atoms with van der Waals surface area (Å²) >= 11 is 10.0. The molecular weight excluding hydrogens is 354 g/mol. The second-order valence-corrected chi connectivity index (χ2v) is 6.13. The Labute approximate surface area is 126 Å². The number of carbonyl (C=O) groups is 2. The van der Waals surface area contributed by atoms with Gasteiger partial charge in [0.25, 0.3) is 5.91 Å². The quantitative estimate of drug-likeness (QED) is 0.865. The molecule has 4 nitrogen and oxygen atoms in total. The van der Waals surface area contributed by atoms with Gasteiger partial charge in [0.1, 0.15) is 0 Å². The fraction of sp³-hybridized carbons (Fsp3) is 0. The van der Waals surface area contributed by atoms with Crippen molar-refractivity contribution in [3.8, 4) is 0 Å². The molecule has 2 N–H and O–H groups in total. The lowest BCUT2D eigenvalue weighted by atomic mass is 10.2. The van der Waals surface area contributed by atoms with E-state index in [-0.39, 0.29) is 11.5 Å². The van der Waals surface area contributed by atoms with Crippen LogP contribution in [0.5, 0.6) is 0 Å². The molecule has 0 aliphatic carbocycles. The zero-order chi connectivity index (χ0) is 14.0. The van der Waals surface area contributed by atoms with E-state index in [0.717, 1.165) is 11.3 Å². The van der Waals surface area contributed by atoms with Crippen molar-refractivity contribution >= 4 is 56.4 Å². The maximum absolute atomic E-state index is 11.9. The number of hydrogen-bond acceptors (Lipinski definition) is 3. The van der Waals surface area contributed by atoms with E-state index in [1.54, 1.807) is 24.3 Å². The van der Waals surface area contributed by atoms with Gasteiger partial charge in [0.2, 0.25) is 0 Å². The van der Waals surface area contributed by atoms with Crippen molar-refractivity contribution in [1.29, 1.82) is 0 Å². The van der Waals surface area contributed by atoms with Crippen LogP contribution in [0.3, 0.4) is 0 Å². The minimum Gasteiger partial charge on any atom is -0.478 e. The molecule has 1 heterocycles. The van der Waals surface area contributed by atoms with Gasteiger partial charge in [-0.25, -0.2) is 4.79 Å². The molecule has 2 aromatic rings. The molecule has 7 heteroatoms. The van der Waals surface area contributed by atoms with Gasteiger partial charge in [-0.05, 0) is 46.3 Å². The first-order valence-corrected chi connectivity index (χ1v) is 7.05. The molecule has 0 saturated heterocycles. The van der Waals surface area contributed by atoms with Crippen molar-refractivity contribution in [3.05, 3.63) is 49.6 Å². The minimum absolute atomic E-state index is 0.0852. The topological polar surface area (TPSA) is 66.4 Å². The van der Waals surface area contributed by atoms with E-state index in [4.69, 9.17) is 16.7 Å². The lowest BCUT2D eigenvalue weighted by molar-refractivity contribution is 0.0695. The average Bonchev–Trinajstić information content (AvgIpc) is 2.78. The monoisotopic (exact) mass is 359 g/mol. The molecule has 1 amide bonds. The van der Waals surface area contributed by atoms with Crippen LogP contribution in [-0.4, -0.2) is 17.0 Å². The van der Waals surface area contributed by atoms with Gasteiger partial charge in [-0.2, -0.15) is 0 Å². The summed E-state index contributed by atoms with van der Waals surface area (Å²) in [6.45, 7) is 0. The Hall–Kier alpha value is -1.37. The highest BCUT2D eigenvalue weighted by Crippen LogP contribution is 2.24. The smallest absolute Gasteiger partial charge is 0.336 e. The van der Waals surface area contributed by atoms with Crippen LogP contribution in [0.25, 0.3) is 0 Å². The fourth-order valence-electron chi connectivity index (χ4n) is 1.40. The largest absolute Gasteiger partial charge is 0.478 e. The molecule has 0 spiro atoms. The van der Waals surface area contributed by atoms with Crippen molar-refractivity contribution in [3.63, 3.8) is 0 Å². The van der Waals surface area contributed by atoms with Crippen molar-refractivity contribution in [2.24, 2.45) is 0 Å². The maximum Gasteiger partial charge on any atom is 0.336 e. The molecule has 0 bridgehead atoms. The van der Waals surface area contributed by atoms with Crippen LogP contribution in [0.1, 0.15) is 20.0 Å². The molecule has 0 unspecified atom stereocenters. The number of halogens is 2. The first-order chi connectivity index (χ1) is 8.97. The van der Waals surface area contributed by atoms with E-state index in [9.17, 15) is 9.59 Å². The summed E-state index contributed by atoms with van der Waals surface area (Å²) in [5.74, 6) is -1.39. The van der Waals surface area contributed by atoms with Gasteiger partial charge in [-0.1, -0.05) is 11.6 Å². The maximum atomic E-state index is 11.9. The van der Waals surface area contributed by atoms with E-state index >= 15 is 0 Å². The number of anilines is 1. The number of thiophene rings is 1. The highest BCUT2D eigenvalue weighted by molar-refractivity contribution is 9.10. The van der Waals surface area contributed by atoms with Gasteiger partial charge in [-0.3, -0.25) is 4.79 Å². The molecule has 98 valence electrons. The minimum atomic E-state index is -1.07. The molecule has 19 heavy (non-hydrogen) atoms. The number of benzene rings is 1. The van der Waals surface area contributed by atoms with Gasteiger partial charge >= 0.3 is 5.97 Å². The molecule has 0 aliphatic heterocycles. The number of carboxylic acids is 1. The summed E-state index contributed by atoms with van der Waals surface area (Å²) in [6.07, 6.45) is 0. The van der Waals surface area contributed by atoms with Crippen LogP contribution in [0, 0.1) is 0 Å². The molecule has 0 radical (unpaired) electrons. The van der Waals surface area contributed by atoms with Gasteiger partial charge in [0, 0.05) is 10.2 Å². The summed E-state index contributed by atoms with van der Waals surface area (Å²) in [7, 11) is 0. The molecule has 0 fully saturated rings. The van der Waals surface area contributed by atoms with Gasteiger partial charge in [0.15, 0.2) is 0 Å². The zero-order valence-electron chi connectivity index (χ0n) is 9.31. The second kappa shape index (κ2) is 5.73. The summed E-state index contributed by atoms with van der Waals surface area (Å²) in [5.41, 5.74) is 0.497. The number of nitrogens with one attached hydrogen (secondary N) is 1. The third-order valence-electron chi connectivity index (χ3n) is 2.25. The molecule has 0 saturated carbocycles. The van der Waals surface area contributed by atoms with Crippen molar-refractivity contribution < 1.29 is 14.7 Å². The summed E-state index contributed by atoms with van der Waals surface area (Å²) in [4.78, 5) is 23.3. The molecular formula is C12H7BrClNO3S. The van der Waals surface area contributed by atoms with Crippen LogP contribution in [0.2, 0.25) is 4.34 Å². The Balaban J connectivity index is 2.22. The predicted octanol–water partition coefficient (Wildman–Crippen LogP) is 4.11. The van der Waals surface area contributed by atoms with E-state index in [1.165, 1.54) is 6.07 Å². The number of carbonyl (C=O) groups excluding carboxylic acids is 1. The summed E-state index contributed by atoms with van der Waals surface area (Å²) in [5, 5.41) is 11.6. The number of aromatic carboxylic acids is 1. The third-order valence-corrected chi connectivity index (χ3v) is 4.17. The normalized spacial score (nSPS) is 10.2. The first-order valence-electron chi connectivity index (χ1n) is 5.07. The fourth-order valence-corrected chi connectivity index (χ4v) is 2.75. The lowest BCUT2D eigenvalue weighted by Gasteiger charge is -2.06. The number of carboxylic acid groups (broad SMARTS) is 1. The number of rotatable bonds is 3. The van der Waals surface area contributed by atoms with Crippen LogP contribution in [0.15, 0.2) is 34.8 Å². The SMILES string of the molecule is O=C(Nc1ccc(Br)c(C(=O)O)c1)c1ccc(Cl)s1. The van der Waals surface area contributed by atoms with Crippen molar-refractivity contribution in [1.82, 2.24) is 0 Å². The van der Waals surface area contributed by atoms with E-state index in [2.05, 4.69) is 21.2 Å². The van der Waals surface area contributed by atoms with E-state index in [1.807, 2.05) is 0 Å². The highest BCUT2D eigenvalue weighted by atomic mass is 79.9. The Morgan fingerprint density at radius 1 is 1.26 bits per heavy atom. The van der Waals surface area contributed by atoms with Gasteiger partial charge in [-0.15, -0.1) is 11.3 Å². The first kappa shape index (κ1) is 14.0. The second-order valence-electron chi connectivity index (χ2n) is 3.56. The van der Waals surface area contributed by atoms with Crippen molar-refractivity contribution in [2.75, 3.05) is 5.32 Å². The van der Waals surface area contributed by atoms with Crippen LogP contribution >= 0.6 is 38.9 Å². The Morgan fingerprint density at radius 2 is 2.00 bits per heavy atom. The van der Waals surface area contributed by atoms with Crippen LogP contribution in [0.4, 0.5) is 5.69 Å². The Kier molecular flexibility index (Phi) is 4.24. The molecule has 0 aliphatic rings. The average molecular weight is 361 g/mol. The highest BCUT2D eigenvalue weighted by Gasteiger charge is 2.12. The van der Waals surface area contributed by atoms with E-state index in [0.29, 0.717) is 19.4 Å². The Morgan fingerprint density at radius 3 is 2.58 bits per heavy atom. The molecule has 1 aromatic heterocycles. The molecule has 0 atom stereocenters. The summed E-state index contributed by atoms with van der Waals surface area (Å²) < 4.78 is 0.976. The van der Waals surface area contributed by atoms with Crippen LogP contribution < -0.4 is 5.32 Å². The predicted molar refractivity (Wildman–Crippen MR) is 78.4 cm³/mol. The zero-order valence-corrected chi connectivity index (χ0v) is 12.5. The molecule has 2 rings (SSSR count). The molecule has 1 aromatic carbocycles. The standard InChI is InChI=1S/C12H7BrClNO3S/c13-8-2-1-6(5-7(8)12(17)18)15-11(16)9-3-4-10(14)19-9/h1-5H,(H,15,16)(H,17,18). The third kappa shape index (κ3) is 3.34.